The minimum absolute atomic E-state index is 0.282. The molecule has 3 heteroatoms. The number of aromatic nitrogens is 2. The van der Waals surface area contributed by atoms with Gasteiger partial charge < -0.3 is 9.30 Å². The van der Waals surface area contributed by atoms with Crippen LogP contribution >= 0.6 is 0 Å². The molecule has 26 heavy (non-hydrogen) atoms. The lowest BCUT2D eigenvalue weighted by atomic mass is 10.0. The second kappa shape index (κ2) is 13.4. The van der Waals surface area contributed by atoms with E-state index < -0.39 is 0 Å². The van der Waals surface area contributed by atoms with E-state index in [2.05, 4.69) is 28.6 Å². The molecule has 0 aliphatic rings. The molecular weight excluding hydrogens is 320 g/mol. The molecule has 0 spiro atoms. The number of rotatable bonds is 15. The van der Waals surface area contributed by atoms with Crippen molar-refractivity contribution in [1.29, 1.82) is 0 Å². The minimum Gasteiger partial charge on any atom is -0.490 e. The Kier molecular flexibility index (Phi) is 10.6. The maximum absolute atomic E-state index is 6.25. The molecule has 0 N–H and O–H groups in total. The number of unbranched alkanes of at least 4 members (excludes halogenated alkanes) is 8. The van der Waals surface area contributed by atoms with Crippen LogP contribution in [0.15, 0.2) is 49.1 Å². The van der Waals surface area contributed by atoms with E-state index in [9.17, 15) is 0 Å². The summed E-state index contributed by atoms with van der Waals surface area (Å²) in [6.45, 7) is 3.25. The van der Waals surface area contributed by atoms with Crippen molar-refractivity contribution in [3.63, 3.8) is 0 Å². The Morgan fingerprint density at radius 3 is 2.23 bits per heavy atom. The summed E-state index contributed by atoms with van der Waals surface area (Å²) in [6.07, 6.45) is 20.5. The van der Waals surface area contributed by atoms with Crippen molar-refractivity contribution in [2.45, 2.75) is 90.2 Å². The largest absolute Gasteiger partial charge is 0.490 e. The summed E-state index contributed by atoms with van der Waals surface area (Å²) in [5.74, 6) is 0.985. The van der Waals surface area contributed by atoms with E-state index >= 15 is 0 Å². The number of aryl methyl sites for hydroxylation is 1. The highest BCUT2D eigenvalue weighted by Gasteiger charge is 2.11. The third kappa shape index (κ3) is 9.07. The van der Waals surface area contributed by atoms with Gasteiger partial charge in [-0.25, -0.2) is 4.98 Å². The van der Waals surface area contributed by atoms with Gasteiger partial charge in [-0.2, -0.15) is 0 Å². The first-order valence-corrected chi connectivity index (χ1v) is 10.6. The second-order valence-corrected chi connectivity index (χ2v) is 7.26. The zero-order valence-electron chi connectivity index (χ0n) is 16.5. The average Bonchev–Trinajstić information content (AvgIpc) is 3.19. The highest BCUT2D eigenvalue weighted by Crippen LogP contribution is 2.18. The molecule has 2 rings (SSSR count). The van der Waals surface area contributed by atoms with Gasteiger partial charge in [0.15, 0.2) is 0 Å². The zero-order chi connectivity index (χ0) is 18.3. The van der Waals surface area contributed by atoms with E-state index in [4.69, 9.17) is 4.74 Å². The molecule has 0 bridgehead atoms. The lowest BCUT2D eigenvalue weighted by Gasteiger charge is -2.19. The number of ether oxygens (including phenoxy) is 1. The molecule has 1 atom stereocenters. The fourth-order valence-electron chi connectivity index (χ4n) is 3.35. The average molecular weight is 357 g/mol. The second-order valence-electron chi connectivity index (χ2n) is 7.26. The molecule has 0 fully saturated rings. The van der Waals surface area contributed by atoms with Gasteiger partial charge in [-0.1, -0.05) is 76.5 Å². The number of hydrogen-bond acceptors (Lipinski definition) is 2. The first-order valence-electron chi connectivity index (χ1n) is 10.6. The van der Waals surface area contributed by atoms with Crippen molar-refractivity contribution in [1.82, 2.24) is 9.55 Å². The highest BCUT2D eigenvalue weighted by molar-refractivity contribution is 5.21. The lowest BCUT2D eigenvalue weighted by Crippen LogP contribution is -2.19. The first-order chi connectivity index (χ1) is 12.9. The van der Waals surface area contributed by atoms with Crippen LogP contribution in [-0.2, 0) is 6.54 Å². The molecular formula is C23H36N2O. The van der Waals surface area contributed by atoms with Crippen molar-refractivity contribution in [3.05, 3.63) is 49.1 Å². The number of nitrogens with zero attached hydrogens (tertiary/aromatic N) is 2. The summed E-state index contributed by atoms with van der Waals surface area (Å²) >= 11 is 0. The van der Waals surface area contributed by atoms with E-state index in [1.54, 1.807) is 0 Å². The standard InChI is InChI=1S/C23H36N2O/c1-2-3-4-5-6-7-8-9-11-16-23(17-19-25-20-18-24-21-25)26-22-14-12-10-13-15-22/h10,12-15,18,20-21,23H,2-9,11,16-17,19H2,1H3. The van der Waals surface area contributed by atoms with Gasteiger partial charge >= 0.3 is 0 Å². The molecule has 1 aromatic carbocycles. The molecule has 0 aliphatic carbocycles. The fraction of sp³-hybridized carbons (Fsp3) is 0.609. The van der Waals surface area contributed by atoms with E-state index in [1.165, 1.54) is 57.8 Å². The van der Waals surface area contributed by atoms with Crippen LogP contribution in [0.25, 0.3) is 0 Å². The Morgan fingerprint density at radius 1 is 0.885 bits per heavy atom. The van der Waals surface area contributed by atoms with Crippen molar-refractivity contribution in [3.8, 4) is 5.75 Å². The topological polar surface area (TPSA) is 27.1 Å². The number of imidazole rings is 1. The van der Waals surface area contributed by atoms with E-state index in [-0.39, 0.29) is 6.10 Å². The predicted octanol–water partition coefficient (Wildman–Crippen LogP) is 6.64. The van der Waals surface area contributed by atoms with Crippen molar-refractivity contribution < 1.29 is 4.74 Å². The predicted molar refractivity (Wildman–Crippen MR) is 110 cm³/mol. The third-order valence-corrected chi connectivity index (χ3v) is 4.94. The maximum atomic E-state index is 6.25. The Morgan fingerprint density at radius 2 is 1.58 bits per heavy atom. The van der Waals surface area contributed by atoms with Crippen LogP contribution < -0.4 is 4.74 Å². The Hall–Kier alpha value is -1.77. The van der Waals surface area contributed by atoms with Crippen LogP contribution in [0.1, 0.15) is 77.6 Å². The Balaban J connectivity index is 1.64. The Bertz CT molecular complexity index is 539. The summed E-state index contributed by atoms with van der Waals surface area (Å²) in [5, 5.41) is 0. The smallest absolute Gasteiger partial charge is 0.119 e. The highest BCUT2D eigenvalue weighted by atomic mass is 16.5. The zero-order valence-corrected chi connectivity index (χ0v) is 16.5. The van der Waals surface area contributed by atoms with Crippen LogP contribution in [0.3, 0.4) is 0 Å². The molecule has 0 saturated heterocycles. The van der Waals surface area contributed by atoms with Crippen LogP contribution in [0.2, 0.25) is 0 Å². The summed E-state index contributed by atoms with van der Waals surface area (Å²) in [5.41, 5.74) is 0. The van der Waals surface area contributed by atoms with Gasteiger partial charge in [0.2, 0.25) is 0 Å². The molecule has 2 aromatic rings. The molecule has 144 valence electrons. The Labute approximate surface area is 159 Å². The summed E-state index contributed by atoms with van der Waals surface area (Å²) in [6, 6.07) is 10.2. The SMILES string of the molecule is CCCCCCCCCCCC(CCn1ccnc1)Oc1ccccc1. The molecule has 0 amide bonds. The summed E-state index contributed by atoms with van der Waals surface area (Å²) < 4.78 is 8.39. The van der Waals surface area contributed by atoms with Crippen molar-refractivity contribution >= 4 is 0 Å². The number of para-hydroxylation sites is 1. The molecule has 0 saturated carbocycles. The lowest BCUT2D eigenvalue weighted by molar-refractivity contribution is 0.170. The van der Waals surface area contributed by atoms with E-state index in [0.717, 1.165) is 25.1 Å². The van der Waals surface area contributed by atoms with Crippen molar-refractivity contribution in [2.24, 2.45) is 0 Å². The van der Waals surface area contributed by atoms with Crippen LogP contribution in [0, 0.1) is 0 Å². The van der Waals surface area contributed by atoms with Crippen molar-refractivity contribution in [2.75, 3.05) is 0 Å². The van der Waals surface area contributed by atoms with Gasteiger partial charge in [-0.3, -0.25) is 0 Å². The van der Waals surface area contributed by atoms with E-state index in [1.807, 2.05) is 36.9 Å². The molecule has 3 nitrogen and oxygen atoms in total. The summed E-state index contributed by atoms with van der Waals surface area (Å²) in [7, 11) is 0. The van der Waals surface area contributed by atoms with Gasteiger partial charge in [0, 0.05) is 25.4 Å². The van der Waals surface area contributed by atoms with Crippen LogP contribution in [0.4, 0.5) is 0 Å². The first kappa shape index (κ1) is 20.5. The van der Waals surface area contributed by atoms with Gasteiger partial charge in [-0.15, -0.1) is 0 Å². The monoisotopic (exact) mass is 356 g/mol. The van der Waals surface area contributed by atoms with Gasteiger partial charge in [0.05, 0.1) is 6.33 Å². The molecule has 1 unspecified atom stereocenters. The van der Waals surface area contributed by atoms with Crippen LogP contribution in [-0.4, -0.2) is 15.7 Å². The number of benzene rings is 1. The third-order valence-electron chi connectivity index (χ3n) is 4.94. The maximum Gasteiger partial charge on any atom is 0.119 e. The number of hydrogen-bond donors (Lipinski definition) is 0. The normalized spacial score (nSPS) is 12.2. The molecule has 1 heterocycles. The summed E-state index contributed by atoms with van der Waals surface area (Å²) in [4.78, 5) is 4.13. The fourth-order valence-corrected chi connectivity index (χ4v) is 3.35. The minimum atomic E-state index is 0.282. The van der Waals surface area contributed by atoms with Gasteiger partial charge in [0.1, 0.15) is 11.9 Å². The van der Waals surface area contributed by atoms with E-state index in [0.29, 0.717) is 0 Å². The van der Waals surface area contributed by atoms with Gasteiger partial charge in [0.25, 0.3) is 0 Å². The van der Waals surface area contributed by atoms with Gasteiger partial charge in [-0.05, 0) is 25.0 Å². The quantitative estimate of drug-likeness (QED) is 0.334. The molecule has 0 aliphatic heterocycles. The van der Waals surface area contributed by atoms with Crippen LogP contribution in [0.5, 0.6) is 5.75 Å². The molecule has 0 radical (unpaired) electrons. The molecule has 1 aromatic heterocycles.